The third-order valence-corrected chi connectivity index (χ3v) is 1.62. The van der Waals surface area contributed by atoms with Crippen LogP contribution in [0.5, 0.6) is 0 Å². The lowest BCUT2D eigenvalue weighted by Gasteiger charge is -2.01. The lowest BCUT2D eigenvalue weighted by Crippen LogP contribution is -1.86. The second-order valence-electron chi connectivity index (χ2n) is 2.71. The Labute approximate surface area is 69.8 Å². The van der Waals surface area contributed by atoms with Crippen LogP contribution < -0.4 is 0 Å². The number of aromatic amines is 1. The zero-order chi connectivity index (χ0) is 8.85. The normalized spacial score (nSPS) is 9.27. The molecule has 0 amide bonds. The van der Waals surface area contributed by atoms with E-state index in [1.165, 1.54) is 11.3 Å². The first-order valence-electron chi connectivity index (χ1n) is 4.35. The Morgan fingerprint density at radius 3 is 2.00 bits per heavy atom. The van der Waals surface area contributed by atoms with Crippen molar-refractivity contribution in [1.82, 2.24) is 4.98 Å². The van der Waals surface area contributed by atoms with Crippen molar-refractivity contribution in [2.45, 2.75) is 40.5 Å². The van der Waals surface area contributed by atoms with Gasteiger partial charge in [-0.15, -0.1) is 0 Å². The average molecular weight is 153 g/mol. The molecule has 0 aliphatic rings. The fourth-order valence-electron chi connectivity index (χ4n) is 1.09. The Hall–Kier alpha value is -0.720. The smallest absolute Gasteiger partial charge is 0.0150 e. The monoisotopic (exact) mass is 153 g/mol. The molecule has 1 heteroatoms. The highest BCUT2D eigenvalue weighted by Crippen LogP contribution is 2.16. The summed E-state index contributed by atoms with van der Waals surface area (Å²) >= 11 is 0. The molecule has 0 saturated carbocycles. The first kappa shape index (κ1) is 10.3. The molecule has 0 aliphatic carbocycles. The van der Waals surface area contributed by atoms with Crippen LogP contribution in [0.25, 0.3) is 0 Å². The van der Waals surface area contributed by atoms with Crippen LogP contribution in [0.1, 0.15) is 44.9 Å². The van der Waals surface area contributed by atoms with Gasteiger partial charge in [-0.05, 0) is 24.5 Å². The van der Waals surface area contributed by atoms with Gasteiger partial charge in [-0.3, -0.25) is 0 Å². The molecule has 1 rings (SSSR count). The van der Waals surface area contributed by atoms with Crippen LogP contribution in [0.4, 0.5) is 0 Å². The van der Waals surface area contributed by atoms with Crippen LogP contribution in [0.2, 0.25) is 0 Å². The highest BCUT2D eigenvalue weighted by molar-refractivity contribution is 5.22. The Balaban J connectivity index is 0.000000461. The summed E-state index contributed by atoms with van der Waals surface area (Å²) < 4.78 is 0. The molecule has 1 N–H and O–H groups in total. The molecule has 0 aromatic carbocycles. The number of nitrogens with one attached hydrogen (secondary N) is 1. The van der Waals surface area contributed by atoms with Gasteiger partial charge >= 0.3 is 0 Å². The number of hydrogen-bond acceptors (Lipinski definition) is 0. The van der Waals surface area contributed by atoms with Crippen molar-refractivity contribution >= 4 is 0 Å². The van der Waals surface area contributed by atoms with E-state index in [2.05, 4.69) is 31.8 Å². The van der Waals surface area contributed by atoms with E-state index < -0.39 is 0 Å². The maximum absolute atomic E-state index is 3.15. The van der Waals surface area contributed by atoms with E-state index in [1.807, 2.05) is 20.0 Å². The molecule has 1 heterocycles. The third kappa shape index (κ3) is 2.79. The van der Waals surface area contributed by atoms with Crippen molar-refractivity contribution in [3.63, 3.8) is 0 Å². The molecule has 0 spiro atoms. The molecule has 1 nitrogen and oxygen atoms in total. The predicted molar refractivity (Wildman–Crippen MR) is 51.0 cm³/mol. The minimum atomic E-state index is 0.649. The molecule has 0 bridgehead atoms. The van der Waals surface area contributed by atoms with Gasteiger partial charge in [0.25, 0.3) is 0 Å². The van der Waals surface area contributed by atoms with E-state index in [-0.39, 0.29) is 0 Å². The van der Waals surface area contributed by atoms with Crippen LogP contribution in [0, 0.1) is 6.92 Å². The topological polar surface area (TPSA) is 15.8 Å². The van der Waals surface area contributed by atoms with Crippen molar-refractivity contribution in [1.29, 1.82) is 0 Å². The summed E-state index contributed by atoms with van der Waals surface area (Å²) in [5.74, 6) is 0.649. The molecule has 0 aliphatic heterocycles. The van der Waals surface area contributed by atoms with E-state index in [9.17, 15) is 0 Å². The highest BCUT2D eigenvalue weighted by atomic mass is 14.7. The lowest BCUT2D eigenvalue weighted by atomic mass is 10.1. The predicted octanol–water partition coefficient (Wildman–Crippen LogP) is 3.47. The first-order valence-corrected chi connectivity index (χ1v) is 4.35. The molecule has 0 unspecified atom stereocenters. The first-order chi connectivity index (χ1) is 5.22. The van der Waals surface area contributed by atoms with Crippen molar-refractivity contribution in [3.05, 3.63) is 23.5 Å². The van der Waals surface area contributed by atoms with Crippen molar-refractivity contribution < 1.29 is 0 Å². The minimum absolute atomic E-state index is 0.649. The number of aryl methyl sites for hydroxylation is 1. The summed E-state index contributed by atoms with van der Waals surface area (Å²) in [5.41, 5.74) is 2.72. The van der Waals surface area contributed by atoms with Crippen molar-refractivity contribution in [3.8, 4) is 0 Å². The molecule has 11 heavy (non-hydrogen) atoms. The standard InChI is InChI=1S/C8H13N.C2H6/c1-6(2)8-4-5-9-7(8)3;1-2/h4-6,9H,1-3H3;1-2H3. The van der Waals surface area contributed by atoms with Gasteiger partial charge in [0.15, 0.2) is 0 Å². The Kier molecular flexibility index (Phi) is 4.67. The second kappa shape index (κ2) is 5.00. The van der Waals surface area contributed by atoms with Gasteiger partial charge < -0.3 is 4.98 Å². The summed E-state index contributed by atoms with van der Waals surface area (Å²) in [4.78, 5) is 3.15. The Morgan fingerprint density at radius 1 is 1.27 bits per heavy atom. The summed E-state index contributed by atoms with van der Waals surface area (Å²) in [6, 6.07) is 2.14. The van der Waals surface area contributed by atoms with Crippen LogP contribution in [-0.2, 0) is 0 Å². The van der Waals surface area contributed by atoms with E-state index in [0.717, 1.165) is 0 Å². The van der Waals surface area contributed by atoms with E-state index >= 15 is 0 Å². The van der Waals surface area contributed by atoms with Crippen LogP contribution in [-0.4, -0.2) is 4.98 Å². The minimum Gasteiger partial charge on any atom is -0.365 e. The van der Waals surface area contributed by atoms with Gasteiger partial charge in [-0.25, -0.2) is 0 Å². The zero-order valence-corrected chi connectivity index (χ0v) is 8.23. The number of rotatable bonds is 1. The molecule has 0 radical (unpaired) electrons. The lowest BCUT2D eigenvalue weighted by molar-refractivity contribution is 0.857. The van der Waals surface area contributed by atoms with Crippen molar-refractivity contribution in [2.75, 3.05) is 0 Å². The number of aromatic nitrogens is 1. The van der Waals surface area contributed by atoms with E-state index in [0.29, 0.717) is 5.92 Å². The van der Waals surface area contributed by atoms with Gasteiger partial charge in [-0.1, -0.05) is 27.7 Å². The van der Waals surface area contributed by atoms with Gasteiger partial charge in [0, 0.05) is 11.9 Å². The summed E-state index contributed by atoms with van der Waals surface area (Å²) in [6.45, 7) is 10.5. The molecule has 0 fully saturated rings. The highest BCUT2D eigenvalue weighted by Gasteiger charge is 2.01. The van der Waals surface area contributed by atoms with Crippen LogP contribution in [0.3, 0.4) is 0 Å². The zero-order valence-electron chi connectivity index (χ0n) is 8.23. The summed E-state index contributed by atoms with van der Waals surface area (Å²) in [7, 11) is 0. The third-order valence-electron chi connectivity index (χ3n) is 1.62. The quantitative estimate of drug-likeness (QED) is 0.636. The Morgan fingerprint density at radius 2 is 1.82 bits per heavy atom. The average Bonchev–Trinajstić information content (AvgIpc) is 2.39. The molecule has 0 atom stereocenters. The maximum atomic E-state index is 3.15. The maximum Gasteiger partial charge on any atom is 0.0150 e. The van der Waals surface area contributed by atoms with Crippen molar-refractivity contribution in [2.24, 2.45) is 0 Å². The van der Waals surface area contributed by atoms with E-state index in [1.54, 1.807) is 0 Å². The fourth-order valence-corrected chi connectivity index (χ4v) is 1.09. The molecule has 1 aromatic heterocycles. The molecule has 0 saturated heterocycles. The van der Waals surface area contributed by atoms with Gasteiger partial charge in [0.05, 0.1) is 0 Å². The number of H-pyrrole nitrogens is 1. The largest absolute Gasteiger partial charge is 0.365 e. The molecular weight excluding hydrogens is 134 g/mol. The van der Waals surface area contributed by atoms with Crippen LogP contribution in [0.15, 0.2) is 12.3 Å². The summed E-state index contributed by atoms with van der Waals surface area (Å²) in [5, 5.41) is 0. The second-order valence-corrected chi connectivity index (χ2v) is 2.71. The summed E-state index contributed by atoms with van der Waals surface area (Å²) in [6.07, 6.45) is 1.99. The van der Waals surface area contributed by atoms with Gasteiger partial charge in [0.1, 0.15) is 0 Å². The Bertz CT molecular complexity index is 187. The van der Waals surface area contributed by atoms with E-state index in [4.69, 9.17) is 0 Å². The SMILES string of the molecule is CC.Cc1[nH]ccc1C(C)C. The molecule has 64 valence electrons. The number of hydrogen-bond donors (Lipinski definition) is 1. The molecular formula is C10H19N. The van der Waals surface area contributed by atoms with Crippen LogP contribution >= 0.6 is 0 Å². The fraction of sp³-hybridized carbons (Fsp3) is 0.600. The molecule has 1 aromatic rings. The van der Waals surface area contributed by atoms with Gasteiger partial charge in [0.2, 0.25) is 0 Å². The van der Waals surface area contributed by atoms with Gasteiger partial charge in [-0.2, -0.15) is 0 Å².